The van der Waals surface area contributed by atoms with Crippen molar-refractivity contribution in [2.24, 2.45) is 5.14 Å². The van der Waals surface area contributed by atoms with Gasteiger partial charge < -0.3 is 14.8 Å². The third-order valence-corrected chi connectivity index (χ3v) is 7.20. The number of benzene rings is 3. The van der Waals surface area contributed by atoms with Crippen LogP contribution in [0.15, 0.2) is 70.5 Å². The summed E-state index contributed by atoms with van der Waals surface area (Å²) < 4.78 is 60.0. The fourth-order valence-electron chi connectivity index (χ4n) is 3.46. The summed E-state index contributed by atoms with van der Waals surface area (Å²) in [6.45, 7) is 0. The van der Waals surface area contributed by atoms with Crippen LogP contribution in [-0.2, 0) is 19.9 Å². The molecule has 0 fully saturated rings. The molecule has 4 rings (SSSR count). The Bertz CT molecular complexity index is 1630. The smallest absolute Gasteiger partial charge is 0.238 e. The number of nitrogens with one attached hydrogen (secondary N) is 1. The van der Waals surface area contributed by atoms with Crippen LogP contribution in [0.2, 0.25) is 0 Å². The largest absolute Gasteiger partial charge is 0.497 e. The molecule has 35 heavy (non-hydrogen) atoms. The van der Waals surface area contributed by atoms with Crippen molar-refractivity contribution in [3.05, 3.63) is 60.7 Å². The Balaban J connectivity index is 2.03. The molecule has 0 aliphatic heterocycles. The zero-order valence-corrected chi connectivity index (χ0v) is 20.6. The van der Waals surface area contributed by atoms with Crippen LogP contribution in [0.4, 0.5) is 11.5 Å². The number of rotatable bonds is 7. The molecule has 0 aliphatic carbocycles. The Labute approximate surface area is 202 Å². The van der Waals surface area contributed by atoms with Crippen LogP contribution < -0.4 is 19.9 Å². The number of nitrogens with two attached hydrogens (primary N) is 1. The van der Waals surface area contributed by atoms with E-state index in [2.05, 4.69) is 15.3 Å². The topological polar surface area (TPSA) is 151 Å². The Hall–Kier alpha value is -3.74. The summed E-state index contributed by atoms with van der Waals surface area (Å²) in [6.07, 6.45) is 1.02. The van der Waals surface area contributed by atoms with Crippen LogP contribution in [0.25, 0.3) is 22.3 Å². The molecule has 0 atom stereocenters. The molecular weight excluding hydrogens is 492 g/mol. The minimum absolute atomic E-state index is 0.00830. The van der Waals surface area contributed by atoms with Crippen LogP contribution in [0.3, 0.4) is 0 Å². The lowest BCUT2D eigenvalue weighted by atomic mass is 10.1. The van der Waals surface area contributed by atoms with Crippen molar-refractivity contribution in [1.29, 1.82) is 0 Å². The Morgan fingerprint density at radius 2 is 1.43 bits per heavy atom. The Kier molecular flexibility index (Phi) is 6.36. The van der Waals surface area contributed by atoms with Gasteiger partial charge in [0.25, 0.3) is 0 Å². The normalized spacial score (nSPS) is 11.9. The minimum atomic E-state index is -4.24. The van der Waals surface area contributed by atoms with Crippen LogP contribution >= 0.6 is 0 Å². The first-order chi connectivity index (χ1) is 16.5. The molecule has 0 radical (unpaired) electrons. The van der Waals surface area contributed by atoms with Gasteiger partial charge in [-0.3, -0.25) is 0 Å². The van der Waals surface area contributed by atoms with Crippen LogP contribution in [-0.4, -0.2) is 47.3 Å². The molecule has 12 heteroatoms. The van der Waals surface area contributed by atoms with E-state index in [0.29, 0.717) is 28.2 Å². The number of para-hydroxylation sites is 2. The number of hydrogen-bond acceptors (Lipinski definition) is 9. The van der Waals surface area contributed by atoms with Gasteiger partial charge in [0.2, 0.25) is 10.0 Å². The number of sulfonamides is 1. The van der Waals surface area contributed by atoms with E-state index in [1.54, 1.807) is 42.5 Å². The van der Waals surface area contributed by atoms with Gasteiger partial charge in [0.1, 0.15) is 17.2 Å². The summed E-state index contributed by atoms with van der Waals surface area (Å²) in [5.41, 5.74) is 1.61. The highest BCUT2D eigenvalue weighted by atomic mass is 32.2. The van der Waals surface area contributed by atoms with Crippen molar-refractivity contribution >= 4 is 42.4 Å². The van der Waals surface area contributed by atoms with E-state index in [-0.39, 0.29) is 26.9 Å². The van der Waals surface area contributed by atoms with Gasteiger partial charge in [-0.2, -0.15) is 0 Å². The molecule has 0 unspecified atom stereocenters. The van der Waals surface area contributed by atoms with Gasteiger partial charge in [0.05, 0.1) is 35.0 Å². The monoisotopic (exact) mass is 514 g/mol. The molecule has 0 bridgehead atoms. The maximum Gasteiger partial charge on any atom is 0.238 e. The molecule has 3 aromatic carbocycles. The van der Waals surface area contributed by atoms with E-state index < -0.39 is 19.9 Å². The Morgan fingerprint density at radius 1 is 0.829 bits per heavy atom. The van der Waals surface area contributed by atoms with Gasteiger partial charge in [-0.25, -0.2) is 31.9 Å². The molecule has 10 nitrogen and oxygen atoms in total. The van der Waals surface area contributed by atoms with Crippen LogP contribution in [0.1, 0.15) is 0 Å². The molecule has 182 valence electrons. The summed E-state index contributed by atoms with van der Waals surface area (Å²) in [5, 5.41) is 8.60. The average Bonchev–Trinajstić information content (AvgIpc) is 2.81. The van der Waals surface area contributed by atoms with Gasteiger partial charge in [-0.1, -0.05) is 12.1 Å². The summed E-state index contributed by atoms with van der Waals surface area (Å²) in [7, 11) is -4.89. The molecule has 0 spiro atoms. The van der Waals surface area contributed by atoms with E-state index >= 15 is 0 Å². The van der Waals surface area contributed by atoms with E-state index in [1.807, 2.05) is 0 Å². The molecular formula is C23H22N4O6S2. The van der Waals surface area contributed by atoms with E-state index in [1.165, 1.54) is 26.4 Å². The first-order valence-electron chi connectivity index (χ1n) is 10.1. The summed E-state index contributed by atoms with van der Waals surface area (Å²) in [4.78, 5) is 8.87. The van der Waals surface area contributed by atoms with Crippen molar-refractivity contribution in [1.82, 2.24) is 9.97 Å². The molecule has 0 amide bonds. The van der Waals surface area contributed by atoms with Gasteiger partial charge in [0, 0.05) is 35.7 Å². The SMILES string of the molecule is COc1cc(Nc2nc3ccccc3nc2-c2cc(S(C)(=O)=O)ccc2S(N)(=O)=O)cc(OC)c1. The van der Waals surface area contributed by atoms with Gasteiger partial charge in [-0.05, 0) is 30.3 Å². The summed E-state index contributed by atoms with van der Waals surface area (Å²) >= 11 is 0. The van der Waals surface area contributed by atoms with Crippen molar-refractivity contribution in [2.75, 3.05) is 25.8 Å². The van der Waals surface area contributed by atoms with Crippen molar-refractivity contribution in [2.45, 2.75) is 9.79 Å². The predicted molar refractivity (Wildman–Crippen MR) is 132 cm³/mol. The third kappa shape index (κ3) is 5.19. The molecule has 0 aliphatic rings. The molecule has 0 saturated carbocycles. The van der Waals surface area contributed by atoms with E-state index in [9.17, 15) is 16.8 Å². The second-order valence-corrected chi connectivity index (χ2v) is 11.2. The lowest BCUT2D eigenvalue weighted by Gasteiger charge is -2.16. The first-order valence-corrected chi connectivity index (χ1v) is 13.6. The number of anilines is 2. The van der Waals surface area contributed by atoms with Gasteiger partial charge in [-0.15, -0.1) is 0 Å². The number of ether oxygens (including phenoxy) is 2. The molecule has 1 heterocycles. The number of fused-ring (bicyclic) bond motifs is 1. The van der Waals surface area contributed by atoms with Crippen molar-refractivity contribution < 1.29 is 26.3 Å². The number of aromatic nitrogens is 2. The van der Waals surface area contributed by atoms with Gasteiger partial charge >= 0.3 is 0 Å². The Morgan fingerprint density at radius 3 is 1.97 bits per heavy atom. The number of nitrogens with zero attached hydrogens (tertiary/aromatic N) is 2. The van der Waals surface area contributed by atoms with Crippen molar-refractivity contribution in [3.8, 4) is 22.8 Å². The first kappa shape index (κ1) is 24.4. The molecule has 4 aromatic rings. The fourth-order valence-corrected chi connectivity index (χ4v) is 4.83. The second kappa shape index (κ2) is 9.13. The fraction of sp³-hybridized carbons (Fsp3) is 0.130. The number of hydrogen-bond donors (Lipinski definition) is 2. The van der Waals surface area contributed by atoms with Crippen LogP contribution in [0.5, 0.6) is 11.5 Å². The highest BCUT2D eigenvalue weighted by Crippen LogP contribution is 2.36. The average molecular weight is 515 g/mol. The summed E-state index contributed by atoms with van der Waals surface area (Å²) in [5.74, 6) is 1.19. The zero-order valence-electron chi connectivity index (χ0n) is 19.0. The highest BCUT2D eigenvalue weighted by Gasteiger charge is 2.23. The lowest BCUT2D eigenvalue weighted by Crippen LogP contribution is -2.15. The van der Waals surface area contributed by atoms with Crippen molar-refractivity contribution in [3.63, 3.8) is 0 Å². The minimum Gasteiger partial charge on any atom is -0.497 e. The lowest BCUT2D eigenvalue weighted by molar-refractivity contribution is 0.395. The zero-order chi connectivity index (χ0) is 25.4. The quantitative estimate of drug-likeness (QED) is 0.379. The number of primary sulfonamides is 1. The highest BCUT2D eigenvalue weighted by molar-refractivity contribution is 7.90. The van der Waals surface area contributed by atoms with E-state index in [0.717, 1.165) is 12.3 Å². The maximum absolute atomic E-state index is 12.4. The summed E-state index contributed by atoms with van der Waals surface area (Å²) in [6, 6.07) is 15.6. The number of methoxy groups -OCH3 is 2. The number of sulfone groups is 1. The van der Waals surface area contributed by atoms with Gasteiger partial charge in [0.15, 0.2) is 15.7 Å². The maximum atomic E-state index is 12.4. The standard InChI is InChI=1S/C23H22N4O6S2/c1-32-15-10-14(11-16(12-15)33-2)25-23-22(26-19-6-4-5-7-20(19)27-23)18-13-17(34(3,28)29)8-9-21(18)35(24,30)31/h4-13H,1-3H3,(H,25,27)(H2,24,30,31). The molecule has 1 aromatic heterocycles. The second-order valence-electron chi connectivity index (χ2n) is 7.61. The van der Waals surface area contributed by atoms with E-state index in [4.69, 9.17) is 14.6 Å². The molecule has 3 N–H and O–H groups in total. The predicted octanol–water partition coefficient (Wildman–Crippen LogP) is 3.11. The molecule has 0 saturated heterocycles. The van der Waals surface area contributed by atoms with Crippen LogP contribution in [0, 0.1) is 0 Å². The third-order valence-electron chi connectivity index (χ3n) is 5.13.